The van der Waals surface area contributed by atoms with Crippen molar-refractivity contribution in [2.75, 3.05) is 6.54 Å². The van der Waals surface area contributed by atoms with Crippen LogP contribution in [0.2, 0.25) is 0 Å². The van der Waals surface area contributed by atoms with Gasteiger partial charge in [0, 0.05) is 11.9 Å². The fraction of sp³-hybridized carbons (Fsp3) is 0.833. The first-order valence-electron chi connectivity index (χ1n) is 2.99. The summed E-state index contributed by atoms with van der Waals surface area (Å²) in [7, 11) is 0. The third kappa shape index (κ3) is 66.9. The summed E-state index contributed by atoms with van der Waals surface area (Å²) in [6.45, 7) is 5.53. The van der Waals surface area contributed by atoms with Gasteiger partial charge < -0.3 is 9.90 Å². The number of hydrogen-bond acceptors (Lipinski definition) is 3. The molecule has 58 valence electrons. The Bertz CT molecular complexity index is 122. The lowest BCUT2D eigenvalue weighted by Crippen LogP contribution is -2.16. The first kappa shape index (κ1) is 11.7. The molecule has 0 saturated heterocycles. The largest absolute Gasteiger partial charge is 0.550 e. The first-order chi connectivity index (χ1) is 4.50. The summed E-state index contributed by atoms with van der Waals surface area (Å²) in [4.78, 5) is 11.8. The lowest BCUT2D eigenvalue weighted by Gasteiger charge is -1.78. The highest BCUT2D eigenvalue weighted by atomic mass is 16.4. The van der Waals surface area contributed by atoms with Crippen LogP contribution >= 0.6 is 0 Å². The van der Waals surface area contributed by atoms with Crippen LogP contribution in [0, 0.1) is 11.3 Å². The molecule has 0 atom stereocenters. The van der Waals surface area contributed by atoms with Crippen LogP contribution in [-0.2, 0) is 4.79 Å². The maximum absolute atomic E-state index is 8.89. The normalized spacial score (nSPS) is 7.50. The number of aliphatic carboxylic acids is 1. The molecule has 4 heteroatoms. The van der Waals surface area contributed by atoms with Crippen molar-refractivity contribution in [2.24, 2.45) is 5.92 Å². The molecule has 4 nitrogen and oxygen atoms in total. The van der Waals surface area contributed by atoms with Gasteiger partial charge in [-0.15, -0.1) is 0 Å². The fourth-order valence-corrected chi connectivity index (χ4v) is 0.163. The Kier molecular flexibility index (Phi) is 9.20. The Hall–Kier alpha value is -1.11. The van der Waals surface area contributed by atoms with E-state index in [1.165, 1.54) is 0 Å². The molecule has 0 radical (unpaired) electrons. The summed E-state index contributed by atoms with van der Waals surface area (Å²) in [5.41, 5.74) is 0. The maximum atomic E-state index is 8.89. The third-order valence-electron chi connectivity index (χ3n) is 0.447. The molecule has 0 amide bonds. The van der Waals surface area contributed by atoms with Crippen LogP contribution in [0.5, 0.6) is 0 Å². The van der Waals surface area contributed by atoms with E-state index in [-0.39, 0.29) is 0 Å². The van der Waals surface area contributed by atoms with Crippen LogP contribution in [0.15, 0.2) is 0 Å². The van der Waals surface area contributed by atoms with Gasteiger partial charge in [0.2, 0.25) is 5.39 Å². The van der Waals surface area contributed by atoms with E-state index in [1.807, 2.05) is 13.8 Å². The van der Waals surface area contributed by atoms with E-state index >= 15 is 0 Å². The average Bonchev–Trinajstić information content (AvgIpc) is 1.62. The van der Waals surface area contributed by atoms with Gasteiger partial charge in [-0.25, -0.2) is 0 Å². The van der Waals surface area contributed by atoms with Crippen molar-refractivity contribution < 1.29 is 9.90 Å². The molecule has 0 rings (SSSR count). The second kappa shape index (κ2) is 7.89. The van der Waals surface area contributed by atoms with Gasteiger partial charge in [-0.1, -0.05) is 13.8 Å². The number of rotatable bonds is 1. The van der Waals surface area contributed by atoms with E-state index in [0.717, 1.165) is 6.92 Å². The Morgan fingerprint density at radius 3 is 2.00 bits per heavy atom. The number of carbonyl (C=O) groups excluding carboxylic acids is 1. The van der Waals surface area contributed by atoms with Crippen molar-refractivity contribution in [3.63, 3.8) is 0 Å². The lowest BCUT2D eigenvalue weighted by molar-refractivity contribution is -0.302. The van der Waals surface area contributed by atoms with Crippen molar-refractivity contribution in [3.05, 3.63) is 4.98 Å². The topological polar surface area (TPSA) is 68.3 Å². The van der Waals surface area contributed by atoms with E-state index in [4.69, 9.17) is 15.3 Å². The molecule has 0 aliphatic carbocycles. The van der Waals surface area contributed by atoms with Crippen molar-refractivity contribution in [1.82, 2.24) is 0 Å². The van der Waals surface area contributed by atoms with Gasteiger partial charge in [0.1, 0.15) is 4.98 Å². The summed E-state index contributed by atoms with van der Waals surface area (Å²) < 4.78 is 0. The van der Waals surface area contributed by atoms with Gasteiger partial charge in [0.05, 0.1) is 0 Å². The van der Waals surface area contributed by atoms with Crippen LogP contribution < -0.4 is 5.11 Å². The van der Waals surface area contributed by atoms with Gasteiger partial charge in [-0.2, -0.15) is 0 Å². The summed E-state index contributed by atoms with van der Waals surface area (Å²) in [6, 6.07) is 0. The number of carboxylic acids is 1. The van der Waals surface area contributed by atoms with Gasteiger partial charge in [0.25, 0.3) is 0 Å². The Balaban J connectivity index is 0. The summed E-state index contributed by atoms with van der Waals surface area (Å²) in [6.07, 6.45) is 0. The molecule has 0 aromatic carbocycles. The highest BCUT2D eigenvalue weighted by molar-refractivity contribution is 5.60. The summed E-state index contributed by atoms with van der Waals surface area (Å²) in [5.74, 6) is -0.602. The predicted octanol–water partition coefficient (Wildman–Crippen LogP) is 0.252. The molecular formula is C6H12N2O2. The Labute approximate surface area is 60.5 Å². The van der Waals surface area contributed by atoms with E-state index in [0.29, 0.717) is 12.5 Å². The van der Waals surface area contributed by atoms with E-state index in [2.05, 4.69) is 4.98 Å². The molecule has 0 aromatic rings. The van der Waals surface area contributed by atoms with Crippen LogP contribution in [0.3, 0.4) is 0 Å². The minimum absolute atomic E-state index is 0.481. The highest BCUT2D eigenvalue weighted by Gasteiger charge is 1.97. The van der Waals surface area contributed by atoms with Gasteiger partial charge >= 0.3 is 6.54 Å². The second-order valence-electron chi connectivity index (χ2n) is 2.21. The lowest BCUT2D eigenvalue weighted by atomic mass is 10.2. The molecule has 10 heavy (non-hydrogen) atoms. The van der Waals surface area contributed by atoms with Crippen LogP contribution in [0.4, 0.5) is 0 Å². The Morgan fingerprint density at radius 1 is 1.70 bits per heavy atom. The Morgan fingerprint density at radius 2 is 2.00 bits per heavy atom. The minimum atomic E-state index is -1.08. The van der Waals surface area contributed by atoms with Gasteiger partial charge in [-0.3, -0.25) is 0 Å². The molecular weight excluding hydrogens is 132 g/mol. The molecule has 0 bridgehead atoms. The van der Waals surface area contributed by atoms with Crippen molar-refractivity contribution >= 4 is 5.97 Å². The second-order valence-corrected chi connectivity index (χ2v) is 2.21. The molecule has 0 N–H and O–H groups in total. The summed E-state index contributed by atoms with van der Waals surface area (Å²) in [5, 5.41) is 16.8. The molecule has 0 heterocycles. The van der Waals surface area contributed by atoms with Crippen molar-refractivity contribution in [2.45, 2.75) is 20.8 Å². The maximum Gasteiger partial charge on any atom is 0.307 e. The van der Waals surface area contributed by atoms with Gasteiger partial charge in [0.15, 0.2) is 0 Å². The number of hydrogen-bond donors (Lipinski definition) is 0. The first-order valence-corrected chi connectivity index (χ1v) is 2.99. The number of nitrogens with zero attached hydrogens (tertiary/aromatic N) is 2. The molecule has 0 fully saturated rings. The standard InChI is InChI=1S/C4H9N2.C2H4O2/c1-4(2)3-6-5;1-2(3)4/h4H,3H2,1-2H3;1H3,(H,3,4)/q+1;/p-1. The SMILES string of the molecule is CC(=O)[O-].CC(C)C[N+]#N. The average molecular weight is 144 g/mol. The number of carboxylic acid groups (broad SMARTS) is 1. The fourth-order valence-electron chi connectivity index (χ4n) is 0.163. The smallest absolute Gasteiger partial charge is 0.307 e. The zero-order valence-corrected chi connectivity index (χ0v) is 6.50. The highest BCUT2D eigenvalue weighted by Crippen LogP contribution is 1.88. The zero-order chi connectivity index (χ0) is 8.57. The zero-order valence-electron chi connectivity index (χ0n) is 6.50. The molecule has 0 aliphatic heterocycles. The quantitative estimate of drug-likeness (QED) is 0.495. The predicted molar refractivity (Wildman–Crippen MR) is 35.5 cm³/mol. The van der Waals surface area contributed by atoms with Crippen LogP contribution in [0.25, 0.3) is 4.98 Å². The van der Waals surface area contributed by atoms with Crippen molar-refractivity contribution in [1.29, 1.82) is 5.39 Å². The van der Waals surface area contributed by atoms with Crippen molar-refractivity contribution in [3.8, 4) is 0 Å². The van der Waals surface area contributed by atoms with E-state index < -0.39 is 5.97 Å². The number of diazo groups is 1. The number of carbonyl (C=O) groups is 1. The van der Waals surface area contributed by atoms with Gasteiger partial charge in [-0.05, 0) is 6.92 Å². The molecule has 0 aromatic heterocycles. The molecule has 0 aliphatic rings. The van der Waals surface area contributed by atoms with Crippen LogP contribution in [0.1, 0.15) is 20.8 Å². The molecule has 0 saturated carbocycles. The van der Waals surface area contributed by atoms with E-state index in [9.17, 15) is 0 Å². The van der Waals surface area contributed by atoms with E-state index in [1.54, 1.807) is 0 Å². The minimum Gasteiger partial charge on any atom is -0.550 e. The molecule has 0 unspecified atom stereocenters. The monoisotopic (exact) mass is 144 g/mol. The summed E-state index contributed by atoms with van der Waals surface area (Å²) >= 11 is 0. The third-order valence-corrected chi connectivity index (χ3v) is 0.447. The molecule has 0 spiro atoms. The van der Waals surface area contributed by atoms with Crippen LogP contribution in [-0.4, -0.2) is 12.5 Å².